The highest BCUT2D eigenvalue weighted by molar-refractivity contribution is 5.66. The zero-order chi connectivity index (χ0) is 17.5. The Bertz CT molecular complexity index is 317. The summed E-state index contributed by atoms with van der Waals surface area (Å²) in [7, 11) is 0. The molecular formula is C18H34O5. The van der Waals surface area contributed by atoms with E-state index in [2.05, 4.69) is 0 Å². The molecule has 0 unspecified atom stereocenters. The van der Waals surface area contributed by atoms with Gasteiger partial charge in [-0.2, -0.15) is 0 Å². The summed E-state index contributed by atoms with van der Waals surface area (Å²) in [5.41, 5.74) is 0. The lowest BCUT2D eigenvalue weighted by molar-refractivity contribution is -0.137. The van der Waals surface area contributed by atoms with Crippen molar-refractivity contribution in [3.05, 3.63) is 12.2 Å². The second-order valence-corrected chi connectivity index (χ2v) is 6.18. The van der Waals surface area contributed by atoms with E-state index in [4.69, 9.17) is 5.11 Å². The number of aliphatic hydroxyl groups excluding tert-OH is 3. The predicted octanol–water partition coefficient (Wildman–Crippen LogP) is 3.02. The lowest BCUT2D eigenvalue weighted by atomic mass is 10.00. The molecular weight excluding hydrogens is 296 g/mol. The fraction of sp³-hybridized carbons (Fsp3) is 0.833. The highest BCUT2D eigenvalue weighted by Gasteiger charge is 2.16. The van der Waals surface area contributed by atoms with E-state index in [1.807, 2.05) is 19.1 Å². The number of rotatable bonds is 15. The van der Waals surface area contributed by atoms with Gasteiger partial charge in [-0.1, -0.05) is 44.8 Å². The third-order valence-corrected chi connectivity index (χ3v) is 3.95. The van der Waals surface area contributed by atoms with Gasteiger partial charge in [-0.25, -0.2) is 0 Å². The molecule has 0 aliphatic carbocycles. The van der Waals surface area contributed by atoms with E-state index in [1.165, 1.54) is 0 Å². The molecule has 0 spiro atoms. The first-order chi connectivity index (χ1) is 11.0. The second kappa shape index (κ2) is 14.7. The zero-order valence-electron chi connectivity index (χ0n) is 14.4. The summed E-state index contributed by atoms with van der Waals surface area (Å²) in [6, 6.07) is 0. The molecule has 0 aromatic carbocycles. The Morgan fingerprint density at radius 1 is 0.870 bits per heavy atom. The quantitative estimate of drug-likeness (QED) is 0.273. The van der Waals surface area contributed by atoms with Crippen molar-refractivity contribution >= 4 is 5.97 Å². The number of aliphatic hydroxyl groups is 3. The number of allylic oxidation sites excluding steroid dienone is 1. The molecule has 0 radical (unpaired) electrons. The zero-order valence-corrected chi connectivity index (χ0v) is 14.4. The average molecular weight is 330 g/mol. The number of aliphatic carboxylic acids is 1. The van der Waals surface area contributed by atoms with Gasteiger partial charge in [0.05, 0.1) is 18.3 Å². The van der Waals surface area contributed by atoms with Crippen molar-refractivity contribution in [1.29, 1.82) is 0 Å². The van der Waals surface area contributed by atoms with Crippen molar-refractivity contribution in [2.24, 2.45) is 0 Å². The highest BCUT2D eigenvalue weighted by atomic mass is 16.4. The summed E-state index contributed by atoms with van der Waals surface area (Å²) >= 11 is 0. The number of carbonyl (C=O) groups is 1. The molecule has 0 fully saturated rings. The van der Waals surface area contributed by atoms with Gasteiger partial charge in [-0.05, 0) is 38.5 Å². The summed E-state index contributed by atoms with van der Waals surface area (Å²) in [6.07, 6.45) is 9.54. The molecule has 5 nitrogen and oxygen atoms in total. The van der Waals surface area contributed by atoms with Crippen LogP contribution in [0.4, 0.5) is 0 Å². The van der Waals surface area contributed by atoms with Crippen LogP contribution in [0.2, 0.25) is 0 Å². The molecule has 3 atom stereocenters. The van der Waals surface area contributed by atoms with Crippen LogP contribution < -0.4 is 0 Å². The standard InChI is InChI=1S/C18H34O5/c1-2-3-7-11-16(20)17(21)14-13-15(19)10-8-5-4-6-9-12-18(22)23/h3,7,15-17,19-21H,2,4-6,8-14H2,1H3,(H,22,23)/b7-3-/t15-,16-,17-/m1/s1. The third-order valence-electron chi connectivity index (χ3n) is 3.95. The number of hydrogen-bond donors (Lipinski definition) is 4. The van der Waals surface area contributed by atoms with Gasteiger partial charge in [0.2, 0.25) is 0 Å². The van der Waals surface area contributed by atoms with E-state index < -0.39 is 24.3 Å². The van der Waals surface area contributed by atoms with E-state index in [0.29, 0.717) is 32.1 Å². The Morgan fingerprint density at radius 2 is 1.52 bits per heavy atom. The topological polar surface area (TPSA) is 98.0 Å². The maximum Gasteiger partial charge on any atom is 0.303 e. The molecule has 0 aliphatic rings. The minimum absolute atomic E-state index is 0.232. The Balaban J connectivity index is 3.56. The van der Waals surface area contributed by atoms with Crippen LogP contribution in [0.5, 0.6) is 0 Å². The Labute approximate surface area is 140 Å². The molecule has 0 rings (SSSR count). The molecule has 0 amide bonds. The van der Waals surface area contributed by atoms with Gasteiger partial charge >= 0.3 is 5.97 Å². The Kier molecular flexibility index (Phi) is 14.1. The van der Waals surface area contributed by atoms with Gasteiger partial charge in [-0.15, -0.1) is 0 Å². The summed E-state index contributed by atoms with van der Waals surface area (Å²) in [5, 5.41) is 38.0. The van der Waals surface area contributed by atoms with Crippen molar-refractivity contribution < 1.29 is 25.2 Å². The molecule has 0 saturated carbocycles. The van der Waals surface area contributed by atoms with Crippen LogP contribution in [-0.4, -0.2) is 44.7 Å². The van der Waals surface area contributed by atoms with Crippen molar-refractivity contribution in [3.63, 3.8) is 0 Å². The largest absolute Gasteiger partial charge is 0.481 e. The van der Waals surface area contributed by atoms with E-state index in [9.17, 15) is 20.1 Å². The fourth-order valence-electron chi connectivity index (χ4n) is 2.45. The normalized spacial score (nSPS) is 15.7. The van der Waals surface area contributed by atoms with Crippen molar-refractivity contribution in [2.75, 3.05) is 0 Å². The Morgan fingerprint density at radius 3 is 2.17 bits per heavy atom. The summed E-state index contributed by atoms with van der Waals surface area (Å²) < 4.78 is 0. The maximum atomic E-state index is 10.4. The van der Waals surface area contributed by atoms with Gasteiger partial charge in [0.1, 0.15) is 0 Å². The highest BCUT2D eigenvalue weighted by Crippen LogP contribution is 2.14. The molecule has 23 heavy (non-hydrogen) atoms. The molecule has 4 N–H and O–H groups in total. The summed E-state index contributed by atoms with van der Waals surface area (Å²) in [6.45, 7) is 2.02. The lowest BCUT2D eigenvalue weighted by Crippen LogP contribution is -2.26. The number of carboxylic acids is 1. The average Bonchev–Trinajstić information content (AvgIpc) is 2.51. The molecule has 0 saturated heterocycles. The van der Waals surface area contributed by atoms with Crippen LogP contribution in [0.3, 0.4) is 0 Å². The van der Waals surface area contributed by atoms with Crippen LogP contribution in [-0.2, 0) is 4.79 Å². The van der Waals surface area contributed by atoms with Gasteiger partial charge in [-0.3, -0.25) is 4.79 Å². The molecule has 0 bridgehead atoms. The van der Waals surface area contributed by atoms with Crippen LogP contribution in [0.1, 0.15) is 77.6 Å². The minimum Gasteiger partial charge on any atom is -0.481 e. The molecule has 0 aromatic heterocycles. The van der Waals surface area contributed by atoms with Crippen molar-refractivity contribution in [3.8, 4) is 0 Å². The van der Waals surface area contributed by atoms with Crippen molar-refractivity contribution in [1.82, 2.24) is 0 Å². The van der Waals surface area contributed by atoms with Gasteiger partial charge in [0, 0.05) is 6.42 Å². The molecule has 5 heteroatoms. The second-order valence-electron chi connectivity index (χ2n) is 6.18. The van der Waals surface area contributed by atoms with E-state index in [0.717, 1.165) is 32.1 Å². The monoisotopic (exact) mass is 330 g/mol. The van der Waals surface area contributed by atoms with Crippen LogP contribution in [0, 0.1) is 0 Å². The number of hydrogen-bond acceptors (Lipinski definition) is 4. The molecule has 0 heterocycles. The van der Waals surface area contributed by atoms with E-state index in [1.54, 1.807) is 0 Å². The fourth-order valence-corrected chi connectivity index (χ4v) is 2.45. The number of unbranched alkanes of at least 4 members (excludes halogenated alkanes) is 4. The lowest BCUT2D eigenvalue weighted by Gasteiger charge is -2.18. The van der Waals surface area contributed by atoms with Crippen LogP contribution in [0.15, 0.2) is 12.2 Å². The van der Waals surface area contributed by atoms with Gasteiger partial charge < -0.3 is 20.4 Å². The summed E-state index contributed by atoms with van der Waals surface area (Å²) in [4.78, 5) is 10.4. The molecule has 0 aromatic rings. The third kappa shape index (κ3) is 14.4. The first-order valence-electron chi connectivity index (χ1n) is 8.88. The van der Waals surface area contributed by atoms with Gasteiger partial charge in [0.15, 0.2) is 0 Å². The predicted molar refractivity (Wildman–Crippen MR) is 91.3 cm³/mol. The number of carboxylic acid groups (broad SMARTS) is 1. The van der Waals surface area contributed by atoms with Crippen LogP contribution >= 0.6 is 0 Å². The van der Waals surface area contributed by atoms with Crippen molar-refractivity contribution in [2.45, 2.75) is 95.9 Å². The van der Waals surface area contributed by atoms with Gasteiger partial charge in [0.25, 0.3) is 0 Å². The van der Waals surface area contributed by atoms with E-state index >= 15 is 0 Å². The molecule has 0 aliphatic heterocycles. The molecule has 136 valence electrons. The first-order valence-corrected chi connectivity index (χ1v) is 8.88. The smallest absolute Gasteiger partial charge is 0.303 e. The first kappa shape index (κ1) is 22.1. The van der Waals surface area contributed by atoms with E-state index in [-0.39, 0.29) is 6.42 Å². The SMILES string of the molecule is CC/C=C\C[C@@H](O)[C@H](O)CC[C@H](O)CCCCCCCC(=O)O. The Hall–Kier alpha value is -0.910. The summed E-state index contributed by atoms with van der Waals surface area (Å²) in [5.74, 6) is -0.744. The van der Waals surface area contributed by atoms with Crippen LogP contribution in [0.25, 0.3) is 0 Å². The minimum atomic E-state index is -0.790. The maximum absolute atomic E-state index is 10.4.